The highest BCUT2D eigenvalue weighted by molar-refractivity contribution is 9.10. The van der Waals surface area contributed by atoms with Gasteiger partial charge in [-0.2, -0.15) is 5.26 Å². The van der Waals surface area contributed by atoms with Crippen molar-refractivity contribution in [3.05, 3.63) is 67.7 Å². The number of hydrogen-bond donors (Lipinski definition) is 1. The lowest BCUT2D eigenvalue weighted by molar-refractivity contribution is -0.116. The normalized spacial score (nSPS) is 19.2. The summed E-state index contributed by atoms with van der Waals surface area (Å²) in [5, 5.41) is 10.1. The Bertz CT molecular complexity index is 1160. The summed E-state index contributed by atoms with van der Waals surface area (Å²) in [5.74, 6) is -0.794. The number of anilines is 1. The van der Waals surface area contributed by atoms with Gasteiger partial charge in [0.25, 0.3) is 0 Å². The van der Waals surface area contributed by atoms with E-state index in [0.29, 0.717) is 40.6 Å². The first-order valence-electron chi connectivity index (χ1n) is 9.42. The maximum absolute atomic E-state index is 14.9. The average Bonchev–Trinajstić information content (AvgIpc) is 3.08. The highest BCUT2D eigenvalue weighted by atomic mass is 79.9. The van der Waals surface area contributed by atoms with Gasteiger partial charge in [-0.3, -0.25) is 9.69 Å². The zero-order valence-electron chi connectivity index (χ0n) is 16.5. The molecule has 0 radical (unpaired) electrons. The van der Waals surface area contributed by atoms with E-state index in [1.807, 2.05) is 19.2 Å². The number of thioether (sulfide) groups is 1. The second-order valence-electron chi connectivity index (χ2n) is 7.22. The molecule has 2 aromatic rings. The summed E-state index contributed by atoms with van der Waals surface area (Å²) in [7, 11) is 0. The maximum atomic E-state index is 14.9. The first kappa shape index (κ1) is 21.2. The molecule has 8 heteroatoms. The Labute approximate surface area is 191 Å². The van der Waals surface area contributed by atoms with Crippen molar-refractivity contribution in [3.63, 3.8) is 0 Å². The molecule has 30 heavy (non-hydrogen) atoms. The van der Waals surface area contributed by atoms with Crippen molar-refractivity contribution in [2.24, 2.45) is 5.73 Å². The zero-order chi connectivity index (χ0) is 21.6. The quantitative estimate of drug-likeness (QED) is 0.521. The van der Waals surface area contributed by atoms with E-state index in [1.165, 1.54) is 6.07 Å². The standard InChI is InChI=1S/C22H19BrFN3OS2/c1-11-8-13(22(29-2)30-11)19-14(10-25)21(26)27(16-7-6-12(23)9-15(16)24)17-4-3-5-18(28)20(17)19/h6-9,19H,3-5,26H2,1-2H3. The number of halogens is 2. The fourth-order valence-corrected chi connectivity index (χ4v) is 6.45. The van der Waals surface area contributed by atoms with E-state index in [1.54, 1.807) is 40.1 Å². The summed E-state index contributed by atoms with van der Waals surface area (Å²) < 4.78 is 16.6. The number of rotatable bonds is 3. The van der Waals surface area contributed by atoms with Crippen LogP contribution in [0.1, 0.15) is 35.6 Å². The molecule has 0 fully saturated rings. The summed E-state index contributed by atoms with van der Waals surface area (Å²) in [4.78, 5) is 15.8. The lowest BCUT2D eigenvalue weighted by Gasteiger charge is -2.39. The van der Waals surface area contributed by atoms with E-state index >= 15 is 0 Å². The summed E-state index contributed by atoms with van der Waals surface area (Å²) in [6.07, 6.45) is 3.68. The summed E-state index contributed by atoms with van der Waals surface area (Å²) in [6, 6.07) is 8.98. The third-order valence-corrected chi connectivity index (χ3v) is 8.12. The second kappa shape index (κ2) is 8.22. The molecule has 2 heterocycles. The topological polar surface area (TPSA) is 70.1 Å². The van der Waals surface area contributed by atoms with E-state index in [0.717, 1.165) is 14.6 Å². The van der Waals surface area contributed by atoms with E-state index in [-0.39, 0.29) is 17.3 Å². The molecule has 0 saturated heterocycles. The minimum Gasteiger partial charge on any atom is -0.384 e. The molecule has 0 spiro atoms. The number of ketones is 1. The van der Waals surface area contributed by atoms with Gasteiger partial charge in [-0.05, 0) is 55.9 Å². The van der Waals surface area contributed by atoms with Crippen molar-refractivity contribution < 1.29 is 9.18 Å². The third-order valence-electron chi connectivity index (χ3n) is 5.41. The van der Waals surface area contributed by atoms with E-state index in [4.69, 9.17) is 5.73 Å². The molecule has 2 N–H and O–H groups in total. The number of aryl methyl sites for hydroxylation is 1. The number of carbonyl (C=O) groups is 1. The van der Waals surface area contributed by atoms with Crippen LogP contribution in [0.5, 0.6) is 0 Å². The van der Waals surface area contributed by atoms with E-state index < -0.39 is 11.7 Å². The molecule has 4 rings (SSSR count). The van der Waals surface area contributed by atoms with Crippen molar-refractivity contribution in [3.8, 4) is 6.07 Å². The molecule has 2 aliphatic rings. The van der Waals surface area contributed by atoms with Gasteiger partial charge >= 0.3 is 0 Å². The van der Waals surface area contributed by atoms with Gasteiger partial charge in [0.2, 0.25) is 0 Å². The third kappa shape index (κ3) is 3.39. The predicted octanol–water partition coefficient (Wildman–Crippen LogP) is 5.98. The van der Waals surface area contributed by atoms with Gasteiger partial charge < -0.3 is 5.73 Å². The second-order valence-corrected chi connectivity index (χ2v) is 10.5. The number of hydrogen-bond acceptors (Lipinski definition) is 6. The molecule has 4 nitrogen and oxygen atoms in total. The van der Waals surface area contributed by atoms with E-state index in [9.17, 15) is 14.4 Å². The highest BCUT2D eigenvalue weighted by Gasteiger charge is 2.42. The Hall–Kier alpha value is -2.08. The number of allylic oxidation sites excluding steroid dienone is 3. The zero-order valence-corrected chi connectivity index (χ0v) is 19.7. The van der Waals surface area contributed by atoms with Crippen LogP contribution in [0.3, 0.4) is 0 Å². The predicted molar refractivity (Wildman–Crippen MR) is 123 cm³/mol. The SMILES string of the molecule is CSc1sc(C)cc1C1C(C#N)=C(N)N(c2ccc(Br)cc2F)C2=C1C(=O)CCC2. The molecule has 1 aromatic carbocycles. The smallest absolute Gasteiger partial charge is 0.161 e. The number of nitrogens with zero attached hydrogens (tertiary/aromatic N) is 2. The molecule has 1 atom stereocenters. The van der Waals surface area contributed by atoms with Crippen LogP contribution in [0.4, 0.5) is 10.1 Å². The lowest BCUT2D eigenvalue weighted by Crippen LogP contribution is -2.39. The number of thiophene rings is 1. The number of carbonyl (C=O) groups excluding carboxylic acids is 1. The number of nitrogens with two attached hydrogens (primary N) is 1. The van der Waals surface area contributed by atoms with E-state index in [2.05, 4.69) is 22.0 Å². The van der Waals surface area contributed by atoms with Crippen LogP contribution >= 0.6 is 39.0 Å². The van der Waals surface area contributed by atoms with Gasteiger partial charge in [0, 0.05) is 27.0 Å². The highest BCUT2D eigenvalue weighted by Crippen LogP contribution is 2.49. The molecule has 1 aliphatic carbocycles. The molecule has 1 unspecified atom stereocenters. The van der Waals surface area contributed by atoms with Gasteiger partial charge in [0.1, 0.15) is 11.6 Å². The Balaban J connectivity index is 2.01. The van der Waals surface area contributed by atoms with Gasteiger partial charge in [0.05, 0.1) is 27.5 Å². The minimum absolute atomic E-state index is 0.0000686. The Morgan fingerprint density at radius 2 is 2.13 bits per heavy atom. The van der Waals surface area contributed by atoms with Gasteiger partial charge in [0.15, 0.2) is 5.78 Å². The molecule has 1 aliphatic heterocycles. The minimum atomic E-state index is -0.514. The number of benzene rings is 1. The van der Waals surface area contributed by atoms with Gasteiger partial charge in [-0.1, -0.05) is 15.9 Å². The van der Waals surface area contributed by atoms with Crippen molar-refractivity contribution in [1.82, 2.24) is 0 Å². The first-order chi connectivity index (χ1) is 14.4. The van der Waals surface area contributed by atoms with Crippen LogP contribution in [0.15, 0.2) is 55.6 Å². The van der Waals surface area contributed by atoms with Crippen LogP contribution in [-0.2, 0) is 4.79 Å². The van der Waals surface area contributed by atoms with Crippen LogP contribution < -0.4 is 10.6 Å². The van der Waals surface area contributed by atoms with Crippen molar-refractivity contribution in [2.75, 3.05) is 11.2 Å². The van der Waals surface area contributed by atoms with Crippen LogP contribution in [-0.4, -0.2) is 12.0 Å². The average molecular weight is 504 g/mol. The molecular formula is C22H19BrFN3OS2. The molecule has 0 amide bonds. The Morgan fingerprint density at radius 3 is 2.80 bits per heavy atom. The lowest BCUT2D eigenvalue weighted by atomic mass is 9.76. The monoisotopic (exact) mass is 503 g/mol. The van der Waals surface area contributed by atoms with Gasteiger partial charge in [-0.25, -0.2) is 4.39 Å². The van der Waals surface area contributed by atoms with Crippen molar-refractivity contribution >= 4 is 50.5 Å². The number of nitriles is 1. The van der Waals surface area contributed by atoms with Crippen molar-refractivity contribution in [2.45, 2.75) is 36.3 Å². The molecule has 0 bridgehead atoms. The van der Waals surface area contributed by atoms with Crippen LogP contribution in [0.2, 0.25) is 0 Å². The summed E-state index contributed by atoms with van der Waals surface area (Å²) in [6.45, 7) is 2.01. The van der Waals surface area contributed by atoms with Crippen molar-refractivity contribution in [1.29, 1.82) is 5.26 Å². The molecule has 0 saturated carbocycles. The molecule has 1 aromatic heterocycles. The van der Waals surface area contributed by atoms with Crippen LogP contribution in [0, 0.1) is 24.1 Å². The molecule has 154 valence electrons. The summed E-state index contributed by atoms with van der Waals surface area (Å²) >= 11 is 6.52. The Morgan fingerprint density at radius 1 is 1.37 bits per heavy atom. The maximum Gasteiger partial charge on any atom is 0.161 e. The molecular weight excluding hydrogens is 485 g/mol. The number of Topliss-reactive ketones (excluding diaryl/α,β-unsaturated/α-hetero) is 1. The first-order valence-corrected chi connectivity index (χ1v) is 12.3. The fraction of sp³-hybridized carbons (Fsp3) is 0.273. The van der Waals surface area contributed by atoms with Gasteiger partial charge in [-0.15, -0.1) is 23.1 Å². The summed E-state index contributed by atoms with van der Waals surface area (Å²) in [5.41, 5.74) is 9.25. The Kier molecular flexibility index (Phi) is 5.80. The van der Waals surface area contributed by atoms with Crippen LogP contribution in [0.25, 0.3) is 0 Å². The fourth-order valence-electron chi connectivity index (χ4n) is 4.21. The largest absolute Gasteiger partial charge is 0.384 e.